The molecule has 0 saturated carbocycles. The SMILES string of the molecule is Cc1nc2c(C(=O)Nc3ccc(Br)cc3)cccc2[nH]1. The molecule has 0 bridgehead atoms. The highest BCUT2D eigenvalue weighted by Crippen LogP contribution is 2.19. The number of halogens is 1. The molecule has 4 nitrogen and oxygen atoms in total. The van der Waals surface area contributed by atoms with Crippen molar-refractivity contribution in [3.8, 4) is 0 Å². The Kier molecular flexibility index (Phi) is 3.28. The minimum Gasteiger partial charge on any atom is -0.342 e. The largest absolute Gasteiger partial charge is 0.342 e. The summed E-state index contributed by atoms with van der Waals surface area (Å²) >= 11 is 3.37. The lowest BCUT2D eigenvalue weighted by atomic mass is 10.1. The van der Waals surface area contributed by atoms with Gasteiger partial charge in [-0.15, -0.1) is 0 Å². The molecule has 0 saturated heterocycles. The number of carbonyl (C=O) groups excluding carboxylic acids is 1. The van der Waals surface area contributed by atoms with Crippen LogP contribution < -0.4 is 5.32 Å². The van der Waals surface area contributed by atoms with E-state index in [0.29, 0.717) is 11.1 Å². The first-order chi connectivity index (χ1) is 9.63. The van der Waals surface area contributed by atoms with Crippen LogP contribution in [0.5, 0.6) is 0 Å². The first kappa shape index (κ1) is 12.9. The van der Waals surface area contributed by atoms with Gasteiger partial charge >= 0.3 is 0 Å². The standard InChI is InChI=1S/C15H12BrN3O/c1-9-17-13-4-2-3-12(14(13)18-9)15(20)19-11-7-5-10(16)6-8-11/h2-8H,1H3,(H,17,18)(H,19,20). The van der Waals surface area contributed by atoms with Crippen molar-refractivity contribution < 1.29 is 4.79 Å². The van der Waals surface area contributed by atoms with Crippen LogP contribution in [0.2, 0.25) is 0 Å². The lowest BCUT2D eigenvalue weighted by molar-refractivity contribution is 0.102. The van der Waals surface area contributed by atoms with Crippen LogP contribution in [0.3, 0.4) is 0 Å². The molecular weight excluding hydrogens is 318 g/mol. The van der Waals surface area contributed by atoms with Gasteiger partial charge in [-0.25, -0.2) is 4.98 Å². The Labute approximate surface area is 124 Å². The van der Waals surface area contributed by atoms with E-state index < -0.39 is 0 Å². The molecule has 0 atom stereocenters. The van der Waals surface area contributed by atoms with Crippen LogP contribution in [-0.2, 0) is 0 Å². The molecule has 0 unspecified atom stereocenters. The van der Waals surface area contributed by atoms with E-state index in [4.69, 9.17) is 0 Å². The maximum atomic E-state index is 12.3. The lowest BCUT2D eigenvalue weighted by Gasteiger charge is -2.05. The highest BCUT2D eigenvalue weighted by atomic mass is 79.9. The van der Waals surface area contributed by atoms with Crippen LogP contribution in [0.4, 0.5) is 5.69 Å². The average molecular weight is 330 g/mol. The molecule has 0 radical (unpaired) electrons. The van der Waals surface area contributed by atoms with Gasteiger partial charge in [-0.3, -0.25) is 4.79 Å². The van der Waals surface area contributed by atoms with E-state index in [9.17, 15) is 4.79 Å². The Hall–Kier alpha value is -2.14. The molecule has 5 heteroatoms. The molecule has 1 aromatic heterocycles. The molecule has 1 amide bonds. The molecule has 3 rings (SSSR count). The number of imidazole rings is 1. The number of para-hydroxylation sites is 1. The highest BCUT2D eigenvalue weighted by Gasteiger charge is 2.12. The summed E-state index contributed by atoms with van der Waals surface area (Å²) in [6, 6.07) is 13.0. The van der Waals surface area contributed by atoms with E-state index in [-0.39, 0.29) is 5.91 Å². The molecule has 100 valence electrons. The van der Waals surface area contributed by atoms with Gasteiger partial charge in [0.2, 0.25) is 0 Å². The number of H-pyrrole nitrogens is 1. The molecule has 2 aromatic carbocycles. The van der Waals surface area contributed by atoms with E-state index in [1.54, 1.807) is 6.07 Å². The quantitative estimate of drug-likeness (QED) is 0.749. The minimum absolute atomic E-state index is 0.163. The van der Waals surface area contributed by atoms with Crippen molar-refractivity contribution in [2.45, 2.75) is 6.92 Å². The Balaban J connectivity index is 1.94. The van der Waals surface area contributed by atoms with Gasteiger partial charge in [0.05, 0.1) is 11.1 Å². The first-order valence-corrected chi connectivity index (χ1v) is 6.95. The van der Waals surface area contributed by atoms with Gasteiger partial charge in [0.1, 0.15) is 11.3 Å². The number of nitrogens with zero attached hydrogens (tertiary/aromatic N) is 1. The van der Waals surface area contributed by atoms with E-state index in [1.165, 1.54) is 0 Å². The molecule has 0 aliphatic carbocycles. The first-order valence-electron chi connectivity index (χ1n) is 6.16. The van der Waals surface area contributed by atoms with Crippen molar-refractivity contribution in [2.24, 2.45) is 0 Å². The molecule has 20 heavy (non-hydrogen) atoms. The van der Waals surface area contributed by atoms with Gasteiger partial charge < -0.3 is 10.3 Å². The predicted molar refractivity (Wildman–Crippen MR) is 82.9 cm³/mol. The molecular formula is C15H12BrN3O. The number of anilines is 1. The summed E-state index contributed by atoms with van der Waals surface area (Å²) in [5.74, 6) is 0.633. The van der Waals surface area contributed by atoms with Gasteiger partial charge in [-0.05, 0) is 43.3 Å². The summed E-state index contributed by atoms with van der Waals surface area (Å²) in [6.07, 6.45) is 0. The summed E-state index contributed by atoms with van der Waals surface area (Å²) < 4.78 is 0.973. The zero-order valence-corrected chi connectivity index (χ0v) is 12.4. The van der Waals surface area contributed by atoms with E-state index in [2.05, 4.69) is 31.2 Å². The van der Waals surface area contributed by atoms with Gasteiger partial charge in [0, 0.05) is 10.2 Å². The number of benzene rings is 2. The van der Waals surface area contributed by atoms with Crippen LogP contribution in [0.1, 0.15) is 16.2 Å². The van der Waals surface area contributed by atoms with Crippen LogP contribution in [-0.4, -0.2) is 15.9 Å². The number of aromatic amines is 1. The minimum atomic E-state index is -0.163. The number of hydrogen-bond acceptors (Lipinski definition) is 2. The third-order valence-electron chi connectivity index (χ3n) is 2.98. The number of amides is 1. The average Bonchev–Trinajstić information content (AvgIpc) is 2.81. The van der Waals surface area contributed by atoms with Crippen LogP contribution in [0.25, 0.3) is 11.0 Å². The summed E-state index contributed by atoms with van der Waals surface area (Å²) in [5.41, 5.74) is 2.88. The van der Waals surface area contributed by atoms with Crippen LogP contribution in [0, 0.1) is 6.92 Å². The summed E-state index contributed by atoms with van der Waals surface area (Å²) in [7, 11) is 0. The second kappa shape index (κ2) is 5.09. The highest BCUT2D eigenvalue weighted by molar-refractivity contribution is 9.10. The van der Waals surface area contributed by atoms with Crippen molar-refractivity contribution >= 4 is 38.6 Å². The van der Waals surface area contributed by atoms with Crippen molar-refractivity contribution in [2.75, 3.05) is 5.32 Å². The predicted octanol–water partition coefficient (Wildman–Crippen LogP) is 3.89. The number of aryl methyl sites for hydroxylation is 1. The fourth-order valence-corrected chi connectivity index (χ4v) is 2.33. The Morgan fingerprint density at radius 2 is 1.95 bits per heavy atom. The van der Waals surface area contributed by atoms with Crippen LogP contribution in [0.15, 0.2) is 46.9 Å². The van der Waals surface area contributed by atoms with E-state index in [1.807, 2.05) is 43.3 Å². The van der Waals surface area contributed by atoms with Gasteiger partial charge in [0.25, 0.3) is 5.91 Å². The maximum absolute atomic E-state index is 12.3. The monoisotopic (exact) mass is 329 g/mol. The van der Waals surface area contributed by atoms with Crippen molar-refractivity contribution in [3.05, 3.63) is 58.3 Å². The lowest BCUT2D eigenvalue weighted by Crippen LogP contribution is -2.12. The Bertz CT molecular complexity index is 777. The van der Waals surface area contributed by atoms with Crippen molar-refractivity contribution in [3.63, 3.8) is 0 Å². The topological polar surface area (TPSA) is 57.8 Å². The van der Waals surface area contributed by atoms with Gasteiger partial charge in [-0.2, -0.15) is 0 Å². The number of rotatable bonds is 2. The zero-order chi connectivity index (χ0) is 14.1. The molecule has 0 aliphatic heterocycles. The molecule has 3 aromatic rings. The zero-order valence-electron chi connectivity index (χ0n) is 10.8. The normalized spacial score (nSPS) is 10.7. The van der Waals surface area contributed by atoms with Crippen LogP contribution >= 0.6 is 15.9 Å². The van der Waals surface area contributed by atoms with Gasteiger partial charge in [-0.1, -0.05) is 22.0 Å². The molecule has 1 heterocycles. The molecule has 2 N–H and O–H groups in total. The number of carbonyl (C=O) groups is 1. The number of hydrogen-bond donors (Lipinski definition) is 2. The van der Waals surface area contributed by atoms with E-state index in [0.717, 1.165) is 21.5 Å². The number of fused-ring (bicyclic) bond motifs is 1. The molecule has 0 aliphatic rings. The Morgan fingerprint density at radius 1 is 1.20 bits per heavy atom. The third kappa shape index (κ3) is 2.44. The van der Waals surface area contributed by atoms with Gasteiger partial charge in [0.15, 0.2) is 0 Å². The Morgan fingerprint density at radius 3 is 2.70 bits per heavy atom. The van der Waals surface area contributed by atoms with Crippen molar-refractivity contribution in [1.82, 2.24) is 9.97 Å². The second-order valence-electron chi connectivity index (χ2n) is 4.48. The summed E-state index contributed by atoms with van der Waals surface area (Å²) in [4.78, 5) is 19.8. The second-order valence-corrected chi connectivity index (χ2v) is 5.40. The van der Waals surface area contributed by atoms with E-state index >= 15 is 0 Å². The molecule has 0 fully saturated rings. The summed E-state index contributed by atoms with van der Waals surface area (Å²) in [6.45, 7) is 1.87. The smallest absolute Gasteiger partial charge is 0.257 e. The third-order valence-corrected chi connectivity index (χ3v) is 3.51. The number of nitrogens with one attached hydrogen (secondary N) is 2. The molecule has 0 spiro atoms. The maximum Gasteiger partial charge on any atom is 0.257 e. The summed E-state index contributed by atoms with van der Waals surface area (Å²) in [5, 5.41) is 2.87. The fraction of sp³-hybridized carbons (Fsp3) is 0.0667. The van der Waals surface area contributed by atoms with Crippen molar-refractivity contribution in [1.29, 1.82) is 0 Å². The number of aromatic nitrogens is 2. The fourth-order valence-electron chi connectivity index (χ4n) is 2.07.